The molecule has 0 aromatic carbocycles. The molecule has 3 aromatic heterocycles. The number of imidazole rings is 1. The molecule has 0 radical (unpaired) electrons. The Hall–Kier alpha value is -3.22. The highest BCUT2D eigenvalue weighted by Gasteiger charge is 2.48. The summed E-state index contributed by atoms with van der Waals surface area (Å²) < 4.78 is 6.59. The molecule has 0 bridgehead atoms. The average Bonchev–Trinajstić information content (AvgIpc) is 3.29. The van der Waals surface area contributed by atoms with Crippen molar-refractivity contribution in [3.8, 4) is 0 Å². The molecule has 4 heterocycles. The van der Waals surface area contributed by atoms with Crippen molar-refractivity contribution in [3.05, 3.63) is 65.6 Å². The van der Waals surface area contributed by atoms with Gasteiger partial charge < -0.3 is 25.3 Å². The zero-order valence-electron chi connectivity index (χ0n) is 20.2. The lowest BCUT2D eigenvalue weighted by molar-refractivity contribution is 0.122. The summed E-state index contributed by atoms with van der Waals surface area (Å²) >= 11 is 3.48. The van der Waals surface area contributed by atoms with E-state index in [0.29, 0.717) is 32.0 Å². The normalized spacial score (nSPS) is 20.4. The van der Waals surface area contributed by atoms with Crippen LogP contribution in [0, 0.1) is 0 Å². The Morgan fingerprint density at radius 1 is 1.24 bits per heavy atom. The van der Waals surface area contributed by atoms with Crippen LogP contribution >= 0.6 is 23.1 Å². The molecular formula is C25H28N8O2S2. The van der Waals surface area contributed by atoms with Crippen molar-refractivity contribution >= 4 is 40.5 Å². The van der Waals surface area contributed by atoms with E-state index in [9.17, 15) is 4.79 Å². The molecule has 12 heteroatoms. The number of carbonyl (C=O) groups excluding carboxylic acids is 1. The summed E-state index contributed by atoms with van der Waals surface area (Å²) in [6.45, 7) is 3.38. The largest absolute Gasteiger partial charge is 0.378 e. The van der Waals surface area contributed by atoms with Crippen LogP contribution in [0.25, 0.3) is 5.57 Å². The highest BCUT2D eigenvalue weighted by Crippen LogP contribution is 2.59. The van der Waals surface area contributed by atoms with Crippen LogP contribution in [-0.2, 0) is 16.0 Å². The van der Waals surface area contributed by atoms with E-state index in [0.717, 1.165) is 53.2 Å². The van der Waals surface area contributed by atoms with Gasteiger partial charge in [0.2, 0.25) is 0 Å². The standard InChI is InChI=1S/C25H28N8O2S2/c34-23(29-16-20-26-7-8-27-20)30-18-3-1-17(2-4-18)22-31-19(15-21(32-22)33-10-12-35-13-11-33)25(5-6-25)37-24-28-9-14-36-24/h1-3,7-9,14-15,18H,4-6,10-13,16H2,(H,26,27)(H2,29,30,34). The number of nitrogens with one attached hydrogen (secondary N) is 3. The first-order chi connectivity index (χ1) is 18.2. The third-order valence-corrected chi connectivity index (χ3v) is 8.95. The first-order valence-electron chi connectivity index (χ1n) is 12.4. The highest BCUT2D eigenvalue weighted by molar-refractivity contribution is 8.02. The summed E-state index contributed by atoms with van der Waals surface area (Å²) in [5, 5.41) is 7.83. The van der Waals surface area contributed by atoms with Crippen LogP contribution in [0.4, 0.5) is 10.6 Å². The number of morpholine rings is 1. The molecule has 3 aromatic rings. The van der Waals surface area contributed by atoms with Crippen LogP contribution in [0.15, 0.2) is 52.6 Å². The van der Waals surface area contributed by atoms with Gasteiger partial charge in [-0.05, 0) is 19.3 Å². The minimum absolute atomic E-state index is 0.0499. The molecule has 192 valence electrons. The van der Waals surface area contributed by atoms with Gasteiger partial charge in [0.05, 0.1) is 36.2 Å². The van der Waals surface area contributed by atoms with Crippen LogP contribution in [0.3, 0.4) is 0 Å². The predicted molar refractivity (Wildman–Crippen MR) is 143 cm³/mol. The number of hydrogen-bond acceptors (Lipinski definition) is 9. The molecule has 37 heavy (non-hydrogen) atoms. The monoisotopic (exact) mass is 536 g/mol. The molecule has 10 nitrogen and oxygen atoms in total. The summed E-state index contributed by atoms with van der Waals surface area (Å²) in [7, 11) is 0. The van der Waals surface area contributed by atoms with Crippen molar-refractivity contribution in [2.75, 3.05) is 31.2 Å². The Bertz CT molecular complexity index is 1280. The second-order valence-corrected chi connectivity index (χ2v) is 11.7. The Morgan fingerprint density at radius 3 is 2.84 bits per heavy atom. The van der Waals surface area contributed by atoms with Gasteiger partial charge in [0.1, 0.15) is 11.6 Å². The minimum atomic E-state index is -0.231. The van der Waals surface area contributed by atoms with E-state index in [1.165, 1.54) is 0 Å². The Kier molecular flexibility index (Phi) is 6.94. The maximum Gasteiger partial charge on any atom is 0.315 e. The molecule has 1 aliphatic heterocycles. The van der Waals surface area contributed by atoms with Crippen LogP contribution in [0.1, 0.15) is 36.6 Å². The van der Waals surface area contributed by atoms with Gasteiger partial charge in [-0.15, -0.1) is 11.3 Å². The Morgan fingerprint density at radius 2 is 2.14 bits per heavy atom. The summed E-state index contributed by atoms with van der Waals surface area (Å²) in [4.78, 5) is 36.2. The Labute approximate surface area is 223 Å². The molecular weight excluding hydrogens is 508 g/mol. The van der Waals surface area contributed by atoms with Crippen LogP contribution < -0.4 is 15.5 Å². The number of thiazole rings is 1. The summed E-state index contributed by atoms with van der Waals surface area (Å²) in [6.07, 6.45) is 14.2. The van der Waals surface area contributed by atoms with Crippen molar-refractivity contribution in [1.82, 2.24) is 35.6 Å². The van der Waals surface area contributed by atoms with Crippen LogP contribution in [-0.4, -0.2) is 63.3 Å². The number of thioether (sulfide) groups is 1. The number of anilines is 1. The number of nitrogens with zero attached hydrogens (tertiary/aromatic N) is 5. The number of H-pyrrole nitrogens is 1. The third kappa shape index (κ3) is 5.71. The van der Waals surface area contributed by atoms with Gasteiger partial charge in [-0.2, -0.15) is 0 Å². The summed E-state index contributed by atoms with van der Waals surface area (Å²) in [5.74, 6) is 2.38. The van der Waals surface area contributed by atoms with E-state index < -0.39 is 0 Å². The summed E-state index contributed by atoms with van der Waals surface area (Å²) in [6, 6.07) is 1.83. The van der Waals surface area contributed by atoms with Crippen LogP contribution in [0.2, 0.25) is 0 Å². The third-order valence-electron chi connectivity index (χ3n) is 6.56. The van der Waals surface area contributed by atoms with E-state index >= 15 is 0 Å². The lowest BCUT2D eigenvalue weighted by atomic mass is 10.0. The molecule has 1 saturated heterocycles. The molecule has 3 aliphatic rings. The number of aromatic amines is 1. The van der Waals surface area contributed by atoms with Gasteiger partial charge in [0.15, 0.2) is 10.2 Å². The molecule has 2 aliphatic carbocycles. The molecule has 1 unspecified atom stereocenters. The fourth-order valence-corrected chi connectivity index (χ4v) is 6.54. The van der Waals surface area contributed by atoms with E-state index in [-0.39, 0.29) is 16.8 Å². The number of allylic oxidation sites excluding steroid dienone is 2. The van der Waals surface area contributed by atoms with Gasteiger partial charge in [-0.1, -0.05) is 30.0 Å². The van der Waals surface area contributed by atoms with E-state index in [2.05, 4.69) is 42.6 Å². The number of aromatic nitrogens is 5. The minimum Gasteiger partial charge on any atom is -0.378 e. The zero-order valence-corrected chi connectivity index (χ0v) is 21.9. The van der Waals surface area contributed by atoms with Crippen LogP contribution in [0.5, 0.6) is 0 Å². The quantitative estimate of drug-likeness (QED) is 0.400. The highest BCUT2D eigenvalue weighted by atomic mass is 32.2. The first-order valence-corrected chi connectivity index (χ1v) is 14.1. The van der Waals surface area contributed by atoms with Crippen molar-refractivity contribution in [2.24, 2.45) is 0 Å². The molecule has 6 rings (SSSR count). The van der Waals surface area contributed by atoms with Gasteiger partial charge >= 0.3 is 6.03 Å². The van der Waals surface area contributed by atoms with Gasteiger partial charge in [0.25, 0.3) is 0 Å². The molecule has 2 fully saturated rings. The fraction of sp³-hybridized carbons (Fsp3) is 0.400. The second-order valence-electron chi connectivity index (χ2n) is 9.15. The lowest BCUT2D eigenvalue weighted by Gasteiger charge is -2.29. The topological polar surface area (TPSA) is 121 Å². The van der Waals surface area contributed by atoms with E-state index in [4.69, 9.17) is 14.7 Å². The molecule has 1 saturated carbocycles. The molecule has 0 spiro atoms. The maximum absolute atomic E-state index is 12.3. The van der Waals surface area contributed by atoms with Crippen molar-refractivity contribution < 1.29 is 9.53 Å². The number of urea groups is 1. The Balaban J connectivity index is 1.18. The van der Waals surface area contributed by atoms with Gasteiger partial charge in [0, 0.05) is 48.7 Å². The van der Waals surface area contributed by atoms with Crippen molar-refractivity contribution in [1.29, 1.82) is 0 Å². The van der Waals surface area contributed by atoms with E-state index in [1.54, 1.807) is 23.7 Å². The number of rotatable bonds is 8. The smallest absolute Gasteiger partial charge is 0.315 e. The fourth-order valence-electron chi connectivity index (χ4n) is 4.37. The SMILES string of the molecule is O=C(NCc1ncc[nH]1)NC1C=CC(c2nc(N3CCOCC3)cc(C3(Sc4nccs4)CC3)n2)=CC1. The van der Waals surface area contributed by atoms with Crippen molar-refractivity contribution in [2.45, 2.75) is 40.9 Å². The molecule has 2 amide bonds. The van der Waals surface area contributed by atoms with E-state index in [1.807, 2.05) is 35.5 Å². The average molecular weight is 537 g/mol. The lowest BCUT2D eigenvalue weighted by Crippen LogP contribution is -2.41. The summed E-state index contributed by atoms with van der Waals surface area (Å²) in [5.41, 5.74) is 2.03. The number of hydrogen-bond donors (Lipinski definition) is 3. The zero-order chi connectivity index (χ0) is 25.1. The second kappa shape index (κ2) is 10.6. The van der Waals surface area contributed by atoms with Crippen molar-refractivity contribution in [3.63, 3.8) is 0 Å². The maximum atomic E-state index is 12.3. The van der Waals surface area contributed by atoms with Gasteiger partial charge in [-0.3, -0.25) is 0 Å². The van der Waals surface area contributed by atoms with Gasteiger partial charge in [-0.25, -0.2) is 24.7 Å². The number of carbonyl (C=O) groups is 1. The molecule has 1 atom stereocenters. The first kappa shape index (κ1) is 24.1. The number of amides is 2. The number of ether oxygens (including phenoxy) is 1. The molecule has 3 N–H and O–H groups in total. The predicted octanol–water partition coefficient (Wildman–Crippen LogP) is 3.49.